The van der Waals surface area contributed by atoms with Crippen LogP contribution in [0.4, 0.5) is 11.4 Å². The van der Waals surface area contributed by atoms with Gasteiger partial charge in [-0.1, -0.05) is 48.0 Å². The second kappa shape index (κ2) is 10.4. The van der Waals surface area contributed by atoms with Crippen molar-refractivity contribution < 1.29 is 13.2 Å². The molecule has 4 rings (SSSR count). The zero-order valence-electron chi connectivity index (χ0n) is 19.6. The first kappa shape index (κ1) is 24.0. The second-order valence-corrected chi connectivity index (χ2v) is 10.7. The monoisotopic (exact) mass is 477 g/mol. The van der Waals surface area contributed by atoms with E-state index in [0.29, 0.717) is 11.4 Å². The summed E-state index contributed by atoms with van der Waals surface area (Å²) in [6, 6.07) is 22.2. The van der Waals surface area contributed by atoms with Gasteiger partial charge in [0.15, 0.2) is 0 Å². The Morgan fingerprint density at radius 2 is 1.62 bits per heavy atom. The summed E-state index contributed by atoms with van der Waals surface area (Å²) in [7, 11) is -3.71. The van der Waals surface area contributed by atoms with Gasteiger partial charge in [-0.05, 0) is 81.2 Å². The van der Waals surface area contributed by atoms with E-state index >= 15 is 0 Å². The standard InChI is InChI=1S/C27H31N3O3S/c1-20-8-13-26(21(2)18-20)29-34(32,33)25-11-9-24(10-12-25)28-27(31)23-14-16-30(17-15-23)19-22-6-4-3-5-7-22/h3-13,18,23,29H,14-17,19H2,1-2H3,(H,28,31). The van der Waals surface area contributed by atoms with Crippen LogP contribution in [-0.4, -0.2) is 32.3 Å². The van der Waals surface area contributed by atoms with Crippen LogP contribution in [0.2, 0.25) is 0 Å². The number of carbonyl (C=O) groups excluding carboxylic acids is 1. The first-order valence-electron chi connectivity index (χ1n) is 11.6. The Labute approximate surface area is 202 Å². The van der Waals surface area contributed by atoms with Crippen molar-refractivity contribution in [2.45, 2.75) is 38.1 Å². The average Bonchev–Trinajstić information content (AvgIpc) is 2.82. The Bertz CT molecular complexity index is 1230. The van der Waals surface area contributed by atoms with E-state index in [-0.39, 0.29) is 16.7 Å². The van der Waals surface area contributed by atoms with Crippen LogP contribution in [0, 0.1) is 19.8 Å². The number of benzene rings is 3. The smallest absolute Gasteiger partial charge is 0.261 e. The van der Waals surface area contributed by atoms with Gasteiger partial charge in [0.2, 0.25) is 5.91 Å². The molecule has 1 aliphatic rings. The maximum absolute atomic E-state index is 12.8. The average molecular weight is 478 g/mol. The van der Waals surface area contributed by atoms with Crippen LogP contribution >= 0.6 is 0 Å². The van der Waals surface area contributed by atoms with E-state index in [9.17, 15) is 13.2 Å². The van der Waals surface area contributed by atoms with Crippen molar-refractivity contribution in [3.05, 3.63) is 89.5 Å². The summed E-state index contributed by atoms with van der Waals surface area (Å²) in [6.07, 6.45) is 1.62. The highest BCUT2D eigenvalue weighted by Gasteiger charge is 2.25. The minimum absolute atomic E-state index is 0.0108. The van der Waals surface area contributed by atoms with Gasteiger partial charge in [-0.25, -0.2) is 8.42 Å². The highest BCUT2D eigenvalue weighted by Crippen LogP contribution is 2.24. The third-order valence-electron chi connectivity index (χ3n) is 6.27. The lowest BCUT2D eigenvalue weighted by Crippen LogP contribution is -2.37. The van der Waals surface area contributed by atoms with Crippen molar-refractivity contribution >= 4 is 27.3 Å². The van der Waals surface area contributed by atoms with E-state index < -0.39 is 10.0 Å². The van der Waals surface area contributed by atoms with Gasteiger partial charge < -0.3 is 5.32 Å². The van der Waals surface area contributed by atoms with Crippen LogP contribution in [0.15, 0.2) is 77.7 Å². The van der Waals surface area contributed by atoms with Crippen LogP contribution in [0.3, 0.4) is 0 Å². The number of hydrogen-bond donors (Lipinski definition) is 2. The molecule has 1 fully saturated rings. The quantitative estimate of drug-likeness (QED) is 0.504. The van der Waals surface area contributed by atoms with Crippen molar-refractivity contribution in [1.82, 2.24) is 4.90 Å². The van der Waals surface area contributed by atoms with Crippen LogP contribution in [0.25, 0.3) is 0 Å². The molecule has 6 nitrogen and oxygen atoms in total. The van der Waals surface area contributed by atoms with Gasteiger partial charge in [-0.3, -0.25) is 14.4 Å². The topological polar surface area (TPSA) is 78.5 Å². The lowest BCUT2D eigenvalue weighted by atomic mass is 9.95. The highest BCUT2D eigenvalue weighted by atomic mass is 32.2. The van der Waals surface area contributed by atoms with Gasteiger partial charge in [0.05, 0.1) is 10.6 Å². The van der Waals surface area contributed by atoms with Gasteiger partial charge in [-0.15, -0.1) is 0 Å². The predicted octanol–water partition coefficient (Wildman–Crippen LogP) is 4.95. The molecule has 0 aromatic heterocycles. The van der Waals surface area contributed by atoms with Crippen molar-refractivity contribution in [2.75, 3.05) is 23.1 Å². The number of piperidine rings is 1. The Balaban J connectivity index is 1.31. The molecule has 0 atom stereocenters. The molecule has 1 heterocycles. The van der Waals surface area contributed by atoms with Crippen LogP contribution in [0.1, 0.15) is 29.5 Å². The van der Waals surface area contributed by atoms with Crippen molar-refractivity contribution in [1.29, 1.82) is 0 Å². The molecule has 7 heteroatoms. The van der Waals surface area contributed by atoms with Crippen LogP contribution < -0.4 is 10.0 Å². The number of aryl methyl sites for hydroxylation is 2. The number of sulfonamides is 1. The summed E-state index contributed by atoms with van der Waals surface area (Å²) in [5.74, 6) is -0.0509. The number of carbonyl (C=O) groups is 1. The molecule has 0 aliphatic carbocycles. The van der Waals surface area contributed by atoms with Gasteiger partial charge in [0.1, 0.15) is 0 Å². The van der Waals surface area contributed by atoms with Crippen molar-refractivity contribution in [3.8, 4) is 0 Å². The van der Waals surface area contributed by atoms with Crippen molar-refractivity contribution in [2.24, 2.45) is 5.92 Å². The van der Waals surface area contributed by atoms with E-state index in [1.807, 2.05) is 44.2 Å². The number of amides is 1. The Kier molecular flexibility index (Phi) is 7.34. The highest BCUT2D eigenvalue weighted by molar-refractivity contribution is 7.92. The summed E-state index contributed by atoms with van der Waals surface area (Å²) in [5, 5.41) is 2.95. The molecule has 1 aliphatic heterocycles. The van der Waals surface area contributed by atoms with E-state index in [2.05, 4.69) is 27.1 Å². The molecule has 3 aromatic carbocycles. The number of likely N-dealkylation sites (tertiary alicyclic amines) is 1. The molecule has 1 saturated heterocycles. The molecule has 0 unspecified atom stereocenters. The SMILES string of the molecule is Cc1ccc(NS(=O)(=O)c2ccc(NC(=O)C3CCN(Cc4ccccc4)CC3)cc2)c(C)c1. The number of anilines is 2. The number of nitrogens with zero attached hydrogens (tertiary/aromatic N) is 1. The molecule has 34 heavy (non-hydrogen) atoms. The lowest BCUT2D eigenvalue weighted by Gasteiger charge is -2.31. The number of rotatable bonds is 7. The first-order valence-corrected chi connectivity index (χ1v) is 13.1. The van der Waals surface area contributed by atoms with E-state index in [1.165, 1.54) is 17.7 Å². The largest absolute Gasteiger partial charge is 0.326 e. The lowest BCUT2D eigenvalue weighted by molar-refractivity contribution is -0.121. The predicted molar refractivity (Wildman–Crippen MR) is 136 cm³/mol. The molecular formula is C27H31N3O3S. The second-order valence-electron chi connectivity index (χ2n) is 8.97. The van der Waals surface area contributed by atoms with Crippen LogP contribution in [-0.2, 0) is 21.4 Å². The van der Waals surface area contributed by atoms with Gasteiger partial charge >= 0.3 is 0 Å². The van der Waals surface area contributed by atoms with E-state index in [4.69, 9.17) is 0 Å². The molecule has 3 aromatic rings. The first-order chi connectivity index (χ1) is 16.3. The summed E-state index contributed by atoms with van der Waals surface area (Å²) >= 11 is 0. The van der Waals surface area contributed by atoms with Gasteiger partial charge in [0, 0.05) is 18.2 Å². The minimum atomic E-state index is -3.71. The Hall–Kier alpha value is -3.16. The fourth-order valence-corrected chi connectivity index (χ4v) is 5.42. The third-order valence-corrected chi connectivity index (χ3v) is 7.65. The molecular weight excluding hydrogens is 446 g/mol. The van der Waals surface area contributed by atoms with E-state index in [0.717, 1.165) is 43.6 Å². The minimum Gasteiger partial charge on any atom is -0.326 e. The number of nitrogens with one attached hydrogen (secondary N) is 2. The maximum atomic E-state index is 12.8. The normalized spacial score (nSPS) is 15.1. The summed E-state index contributed by atoms with van der Waals surface area (Å²) in [5.41, 5.74) is 4.38. The van der Waals surface area contributed by atoms with Gasteiger partial charge in [-0.2, -0.15) is 0 Å². The third kappa shape index (κ3) is 6.04. The molecule has 1 amide bonds. The summed E-state index contributed by atoms with van der Waals surface area (Å²) in [6.45, 7) is 6.51. The maximum Gasteiger partial charge on any atom is 0.261 e. The molecule has 0 saturated carbocycles. The number of hydrogen-bond acceptors (Lipinski definition) is 4. The van der Waals surface area contributed by atoms with E-state index in [1.54, 1.807) is 18.2 Å². The zero-order chi connectivity index (χ0) is 24.1. The molecule has 0 radical (unpaired) electrons. The van der Waals surface area contributed by atoms with Crippen molar-refractivity contribution in [3.63, 3.8) is 0 Å². The van der Waals surface area contributed by atoms with Crippen LogP contribution in [0.5, 0.6) is 0 Å². The Morgan fingerprint density at radius 1 is 0.941 bits per heavy atom. The zero-order valence-corrected chi connectivity index (χ0v) is 20.4. The Morgan fingerprint density at radius 3 is 2.26 bits per heavy atom. The molecule has 2 N–H and O–H groups in total. The van der Waals surface area contributed by atoms with Gasteiger partial charge in [0.25, 0.3) is 10.0 Å². The molecule has 0 bridgehead atoms. The fraction of sp³-hybridized carbons (Fsp3) is 0.296. The summed E-state index contributed by atoms with van der Waals surface area (Å²) < 4.78 is 28.2. The fourth-order valence-electron chi connectivity index (χ4n) is 4.29. The summed E-state index contributed by atoms with van der Waals surface area (Å²) in [4.78, 5) is 15.3. The molecule has 0 spiro atoms. The molecule has 178 valence electrons.